The van der Waals surface area contributed by atoms with E-state index in [9.17, 15) is 9.59 Å². The fraction of sp³-hybridized carbons (Fsp3) is 0.481. The summed E-state index contributed by atoms with van der Waals surface area (Å²) in [5, 5.41) is 0. The summed E-state index contributed by atoms with van der Waals surface area (Å²) < 4.78 is 0. The number of carbonyl (C=O) groups excluding carboxylic acids is 2. The molecular weight excluding hydrogens is 412 g/mol. The molecule has 2 fully saturated rings. The van der Waals surface area contributed by atoms with Gasteiger partial charge < -0.3 is 14.7 Å². The molecule has 0 N–H and O–H groups in total. The average molecular weight is 447 g/mol. The van der Waals surface area contributed by atoms with Gasteiger partial charge in [0.05, 0.1) is 6.54 Å². The first-order valence-electron chi connectivity index (χ1n) is 12.3. The third-order valence-electron chi connectivity index (χ3n) is 7.40. The standard InChI is InChI=1S/C27H34N4O2/c1-21-8-10-23(11-9-21)28-16-18-29(19-17-28)25(32)20-31-15-12-22-6-2-3-7-24(22)26(31)27(33)30-13-4-5-14-30/h2-3,6-11,26H,4-5,12-20H2,1H3/t26-/m0/s1. The van der Waals surface area contributed by atoms with Crippen LogP contribution in [0.1, 0.15) is 35.6 Å². The van der Waals surface area contributed by atoms with Crippen LogP contribution in [-0.2, 0) is 16.0 Å². The van der Waals surface area contributed by atoms with Crippen LogP contribution >= 0.6 is 0 Å². The number of piperazine rings is 1. The lowest BCUT2D eigenvalue weighted by Gasteiger charge is -2.40. The minimum absolute atomic E-state index is 0.136. The first-order chi connectivity index (χ1) is 16.1. The lowest BCUT2D eigenvalue weighted by atomic mass is 9.91. The van der Waals surface area contributed by atoms with Crippen LogP contribution in [0, 0.1) is 6.92 Å². The number of fused-ring (bicyclic) bond motifs is 1. The maximum Gasteiger partial charge on any atom is 0.244 e. The summed E-state index contributed by atoms with van der Waals surface area (Å²) in [6, 6.07) is 16.5. The molecule has 0 spiro atoms. The van der Waals surface area contributed by atoms with Gasteiger partial charge in [-0.3, -0.25) is 14.5 Å². The summed E-state index contributed by atoms with van der Waals surface area (Å²) in [5.74, 6) is 0.300. The van der Waals surface area contributed by atoms with Gasteiger partial charge in [-0.15, -0.1) is 0 Å². The molecule has 1 atom stereocenters. The second-order valence-corrected chi connectivity index (χ2v) is 9.56. The van der Waals surface area contributed by atoms with E-state index in [-0.39, 0.29) is 17.9 Å². The summed E-state index contributed by atoms with van der Waals surface area (Å²) >= 11 is 0. The number of carbonyl (C=O) groups is 2. The second kappa shape index (κ2) is 9.56. The highest BCUT2D eigenvalue weighted by atomic mass is 16.2. The molecule has 2 amide bonds. The zero-order valence-corrected chi connectivity index (χ0v) is 19.6. The van der Waals surface area contributed by atoms with Crippen molar-refractivity contribution in [3.05, 3.63) is 65.2 Å². The first-order valence-corrected chi connectivity index (χ1v) is 12.3. The maximum absolute atomic E-state index is 13.5. The van der Waals surface area contributed by atoms with E-state index in [0.29, 0.717) is 6.54 Å². The molecule has 3 aliphatic rings. The van der Waals surface area contributed by atoms with Crippen molar-refractivity contribution in [2.45, 2.75) is 32.2 Å². The summed E-state index contributed by atoms with van der Waals surface area (Å²) in [7, 11) is 0. The fourth-order valence-corrected chi connectivity index (χ4v) is 5.43. The Morgan fingerprint density at radius 1 is 0.818 bits per heavy atom. The Morgan fingerprint density at radius 3 is 2.24 bits per heavy atom. The highest BCUT2D eigenvalue weighted by Crippen LogP contribution is 2.32. The van der Waals surface area contributed by atoms with Crippen molar-refractivity contribution in [2.24, 2.45) is 0 Å². The summed E-state index contributed by atoms with van der Waals surface area (Å²) in [5.41, 5.74) is 4.80. The molecule has 0 saturated carbocycles. The molecule has 2 aromatic carbocycles. The molecule has 6 heteroatoms. The van der Waals surface area contributed by atoms with E-state index in [4.69, 9.17) is 0 Å². The maximum atomic E-state index is 13.5. The molecule has 0 bridgehead atoms. The number of anilines is 1. The predicted octanol–water partition coefficient (Wildman–Crippen LogP) is 2.87. The molecular formula is C27H34N4O2. The van der Waals surface area contributed by atoms with E-state index in [2.05, 4.69) is 53.1 Å². The summed E-state index contributed by atoms with van der Waals surface area (Å²) in [6.07, 6.45) is 3.03. The van der Waals surface area contributed by atoms with Gasteiger partial charge in [0.2, 0.25) is 11.8 Å². The van der Waals surface area contributed by atoms with E-state index in [1.54, 1.807) is 0 Å². The average Bonchev–Trinajstić information content (AvgIpc) is 3.39. The zero-order chi connectivity index (χ0) is 22.8. The molecule has 2 aromatic rings. The molecule has 2 saturated heterocycles. The van der Waals surface area contributed by atoms with Gasteiger partial charge in [-0.05, 0) is 49.4 Å². The first kappa shape index (κ1) is 22.0. The molecule has 0 unspecified atom stereocenters. The SMILES string of the molecule is Cc1ccc(N2CCN(C(=O)CN3CCc4ccccc4[C@H]3C(=O)N3CCCC3)CC2)cc1. The minimum Gasteiger partial charge on any atom is -0.368 e. The highest BCUT2D eigenvalue weighted by molar-refractivity contribution is 5.86. The van der Waals surface area contributed by atoms with Crippen LogP contribution in [0.4, 0.5) is 5.69 Å². The molecule has 3 heterocycles. The predicted molar refractivity (Wildman–Crippen MR) is 130 cm³/mol. The van der Waals surface area contributed by atoms with E-state index in [1.807, 2.05) is 21.9 Å². The Hall–Kier alpha value is -2.86. The highest BCUT2D eigenvalue weighted by Gasteiger charge is 2.37. The van der Waals surface area contributed by atoms with Crippen LogP contribution in [-0.4, -0.2) is 78.9 Å². The lowest BCUT2D eigenvalue weighted by molar-refractivity contribution is -0.140. The molecule has 0 aromatic heterocycles. The van der Waals surface area contributed by atoms with Crippen LogP contribution in [0.2, 0.25) is 0 Å². The van der Waals surface area contributed by atoms with Crippen LogP contribution in [0.25, 0.3) is 0 Å². The number of hydrogen-bond acceptors (Lipinski definition) is 4. The van der Waals surface area contributed by atoms with Crippen molar-refractivity contribution < 1.29 is 9.59 Å². The molecule has 5 rings (SSSR count). The molecule has 33 heavy (non-hydrogen) atoms. The number of aryl methyl sites for hydroxylation is 1. The molecule has 0 aliphatic carbocycles. The zero-order valence-electron chi connectivity index (χ0n) is 19.6. The van der Waals surface area contributed by atoms with Gasteiger partial charge in [0.15, 0.2) is 0 Å². The van der Waals surface area contributed by atoms with Gasteiger partial charge in [0, 0.05) is 51.5 Å². The van der Waals surface area contributed by atoms with Crippen molar-refractivity contribution in [1.29, 1.82) is 0 Å². The second-order valence-electron chi connectivity index (χ2n) is 9.56. The van der Waals surface area contributed by atoms with Crippen molar-refractivity contribution >= 4 is 17.5 Å². The van der Waals surface area contributed by atoms with E-state index in [1.165, 1.54) is 16.8 Å². The van der Waals surface area contributed by atoms with E-state index < -0.39 is 0 Å². The van der Waals surface area contributed by atoms with E-state index >= 15 is 0 Å². The monoisotopic (exact) mass is 446 g/mol. The van der Waals surface area contributed by atoms with Crippen LogP contribution in [0.15, 0.2) is 48.5 Å². The van der Waals surface area contributed by atoms with Gasteiger partial charge >= 0.3 is 0 Å². The molecule has 6 nitrogen and oxygen atoms in total. The number of likely N-dealkylation sites (tertiary alicyclic amines) is 1. The van der Waals surface area contributed by atoms with Gasteiger partial charge in [0.25, 0.3) is 0 Å². The fourth-order valence-electron chi connectivity index (χ4n) is 5.43. The Bertz CT molecular complexity index is 991. The quantitative estimate of drug-likeness (QED) is 0.725. The van der Waals surface area contributed by atoms with Crippen LogP contribution < -0.4 is 4.90 Å². The Labute approximate surface area is 196 Å². The number of rotatable bonds is 4. The number of hydrogen-bond donors (Lipinski definition) is 0. The van der Waals surface area contributed by atoms with Crippen molar-refractivity contribution in [2.75, 3.05) is 57.3 Å². The van der Waals surface area contributed by atoms with Crippen LogP contribution in [0.5, 0.6) is 0 Å². The molecule has 174 valence electrons. The third-order valence-corrected chi connectivity index (χ3v) is 7.40. The van der Waals surface area contributed by atoms with Gasteiger partial charge in [-0.25, -0.2) is 0 Å². The minimum atomic E-state index is -0.342. The molecule has 0 radical (unpaired) electrons. The van der Waals surface area contributed by atoms with Gasteiger partial charge in [0.1, 0.15) is 6.04 Å². The summed E-state index contributed by atoms with van der Waals surface area (Å²) in [4.78, 5) is 35.2. The summed E-state index contributed by atoms with van der Waals surface area (Å²) in [6.45, 7) is 7.95. The normalized spacial score (nSPS) is 21.2. The third kappa shape index (κ3) is 4.62. The van der Waals surface area contributed by atoms with Crippen LogP contribution in [0.3, 0.4) is 0 Å². The topological polar surface area (TPSA) is 47.1 Å². The largest absolute Gasteiger partial charge is 0.368 e. The van der Waals surface area contributed by atoms with Gasteiger partial charge in [-0.1, -0.05) is 42.0 Å². The molecule has 3 aliphatic heterocycles. The lowest BCUT2D eigenvalue weighted by Crippen LogP contribution is -2.53. The Balaban J connectivity index is 1.26. The van der Waals surface area contributed by atoms with Gasteiger partial charge in [-0.2, -0.15) is 0 Å². The number of amides is 2. The smallest absolute Gasteiger partial charge is 0.244 e. The van der Waals surface area contributed by atoms with Crippen molar-refractivity contribution in [3.8, 4) is 0 Å². The van der Waals surface area contributed by atoms with Crippen molar-refractivity contribution in [1.82, 2.24) is 14.7 Å². The number of nitrogens with zero attached hydrogens (tertiary/aromatic N) is 4. The Morgan fingerprint density at radius 2 is 1.52 bits per heavy atom. The van der Waals surface area contributed by atoms with E-state index in [0.717, 1.165) is 70.6 Å². The van der Waals surface area contributed by atoms with Crippen molar-refractivity contribution in [3.63, 3.8) is 0 Å². The Kier molecular flexibility index (Phi) is 6.36. The number of benzene rings is 2.